The van der Waals surface area contributed by atoms with Gasteiger partial charge in [-0.15, -0.1) is 11.3 Å². The van der Waals surface area contributed by atoms with E-state index < -0.39 is 0 Å². The molecule has 1 fully saturated rings. The molecule has 1 aromatic heterocycles. The predicted octanol–water partition coefficient (Wildman–Crippen LogP) is 1.30. The fraction of sp³-hybridized carbons (Fsp3) is 0.786. The normalized spacial score (nSPS) is 24.3. The molecular formula is C14H26N4S. The maximum atomic E-state index is 4.20. The molecule has 2 unspecified atom stereocenters. The van der Waals surface area contributed by atoms with E-state index >= 15 is 0 Å². The number of hydrogen-bond acceptors (Lipinski definition) is 5. The van der Waals surface area contributed by atoms with Crippen molar-refractivity contribution in [3.8, 4) is 0 Å². The van der Waals surface area contributed by atoms with Crippen LogP contribution in [0, 0.1) is 0 Å². The fourth-order valence-electron chi connectivity index (χ4n) is 2.91. The lowest BCUT2D eigenvalue weighted by Crippen LogP contribution is -2.53. The molecule has 0 spiro atoms. The Morgan fingerprint density at radius 3 is 3.00 bits per heavy atom. The van der Waals surface area contributed by atoms with Crippen molar-refractivity contribution in [2.45, 2.75) is 31.8 Å². The van der Waals surface area contributed by atoms with Crippen molar-refractivity contribution in [2.24, 2.45) is 0 Å². The van der Waals surface area contributed by atoms with Crippen LogP contribution < -0.4 is 5.32 Å². The minimum atomic E-state index is 0.510. The summed E-state index contributed by atoms with van der Waals surface area (Å²) in [6.07, 6.45) is 4.36. The standard InChI is InChI=1S/C14H26N4S/c1-4-16-13(8-12-9-15-11-19-12)14-10-17(2)6-5-7-18(14)3/h9,11,13-14,16H,4-8,10H2,1-3H3. The zero-order chi connectivity index (χ0) is 13.7. The highest BCUT2D eigenvalue weighted by Crippen LogP contribution is 2.16. The summed E-state index contributed by atoms with van der Waals surface area (Å²) in [5, 5.41) is 3.68. The van der Waals surface area contributed by atoms with Crippen LogP contribution in [0.3, 0.4) is 0 Å². The fourth-order valence-corrected chi connectivity index (χ4v) is 3.56. The number of likely N-dealkylation sites (N-methyl/N-ethyl adjacent to an activating group) is 3. The van der Waals surface area contributed by atoms with Gasteiger partial charge in [0.2, 0.25) is 0 Å². The Kier molecular flexibility index (Phi) is 5.76. The number of nitrogens with zero attached hydrogens (tertiary/aromatic N) is 3. The molecule has 0 aliphatic carbocycles. The van der Waals surface area contributed by atoms with Gasteiger partial charge in [-0.2, -0.15) is 0 Å². The largest absolute Gasteiger partial charge is 0.312 e. The molecule has 108 valence electrons. The average Bonchev–Trinajstić information content (AvgIpc) is 2.82. The monoisotopic (exact) mass is 282 g/mol. The van der Waals surface area contributed by atoms with Crippen molar-refractivity contribution in [3.63, 3.8) is 0 Å². The van der Waals surface area contributed by atoms with Gasteiger partial charge in [-0.1, -0.05) is 6.92 Å². The Hall–Kier alpha value is -0.490. The average molecular weight is 282 g/mol. The van der Waals surface area contributed by atoms with Gasteiger partial charge >= 0.3 is 0 Å². The van der Waals surface area contributed by atoms with Crippen LogP contribution in [0.5, 0.6) is 0 Å². The number of rotatable bonds is 5. The quantitative estimate of drug-likeness (QED) is 0.882. The van der Waals surface area contributed by atoms with Gasteiger partial charge in [0.15, 0.2) is 0 Å². The highest BCUT2D eigenvalue weighted by Gasteiger charge is 2.28. The Bertz CT molecular complexity index is 354. The third kappa shape index (κ3) is 4.24. The van der Waals surface area contributed by atoms with Crippen LogP contribution in [-0.2, 0) is 6.42 Å². The summed E-state index contributed by atoms with van der Waals surface area (Å²) in [6, 6.07) is 1.09. The molecule has 1 N–H and O–H groups in total. The van der Waals surface area contributed by atoms with E-state index in [-0.39, 0.29) is 0 Å². The Morgan fingerprint density at radius 1 is 1.47 bits per heavy atom. The number of hydrogen-bond donors (Lipinski definition) is 1. The molecule has 1 aliphatic rings. The topological polar surface area (TPSA) is 31.4 Å². The van der Waals surface area contributed by atoms with E-state index in [1.165, 1.54) is 24.4 Å². The van der Waals surface area contributed by atoms with Gasteiger partial charge in [0, 0.05) is 36.1 Å². The molecule has 2 atom stereocenters. The van der Waals surface area contributed by atoms with Crippen LogP contribution in [-0.4, -0.2) is 67.1 Å². The van der Waals surface area contributed by atoms with Crippen LogP contribution >= 0.6 is 11.3 Å². The first-order chi connectivity index (χ1) is 9.20. The smallest absolute Gasteiger partial charge is 0.0794 e. The lowest BCUT2D eigenvalue weighted by atomic mass is 10.0. The second kappa shape index (κ2) is 7.33. The zero-order valence-electron chi connectivity index (χ0n) is 12.3. The van der Waals surface area contributed by atoms with Crippen molar-refractivity contribution in [3.05, 3.63) is 16.6 Å². The molecule has 0 radical (unpaired) electrons. The lowest BCUT2D eigenvalue weighted by Gasteiger charge is -2.35. The van der Waals surface area contributed by atoms with Crippen LogP contribution in [0.1, 0.15) is 18.2 Å². The van der Waals surface area contributed by atoms with Gasteiger partial charge in [0.25, 0.3) is 0 Å². The molecule has 5 heteroatoms. The third-order valence-electron chi connectivity index (χ3n) is 3.95. The summed E-state index contributed by atoms with van der Waals surface area (Å²) >= 11 is 1.77. The van der Waals surface area contributed by atoms with Crippen molar-refractivity contribution in [1.29, 1.82) is 0 Å². The molecule has 2 rings (SSSR count). The van der Waals surface area contributed by atoms with Crippen LogP contribution in [0.25, 0.3) is 0 Å². The molecular weight excluding hydrogens is 256 g/mol. The first-order valence-corrected chi connectivity index (χ1v) is 8.08. The summed E-state index contributed by atoms with van der Waals surface area (Å²) in [7, 11) is 4.50. The van der Waals surface area contributed by atoms with E-state index in [1.807, 2.05) is 11.7 Å². The van der Waals surface area contributed by atoms with Crippen molar-refractivity contribution in [2.75, 3.05) is 40.3 Å². The summed E-state index contributed by atoms with van der Waals surface area (Å²) in [6.45, 7) is 6.77. The number of nitrogens with one attached hydrogen (secondary N) is 1. The van der Waals surface area contributed by atoms with Gasteiger partial charge in [0.1, 0.15) is 0 Å². The molecule has 1 aromatic rings. The van der Waals surface area contributed by atoms with E-state index in [9.17, 15) is 0 Å². The number of thiazole rings is 1. The molecule has 1 saturated heterocycles. The van der Waals surface area contributed by atoms with Crippen LogP contribution in [0.15, 0.2) is 11.7 Å². The second-order valence-electron chi connectivity index (χ2n) is 5.50. The van der Waals surface area contributed by atoms with E-state index in [1.54, 1.807) is 11.3 Å². The first kappa shape index (κ1) is 14.9. The maximum Gasteiger partial charge on any atom is 0.0794 e. The molecule has 1 aliphatic heterocycles. The molecule has 2 heterocycles. The third-order valence-corrected chi connectivity index (χ3v) is 4.75. The van der Waals surface area contributed by atoms with Gasteiger partial charge in [0.05, 0.1) is 5.51 Å². The second-order valence-corrected chi connectivity index (χ2v) is 6.47. The van der Waals surface area contributed by atoms with Crippen molar-refractivity contribution < 1.29 is 0 Å². The van der Waals surface area contributed by atoms with Gasteiger partial charge < -0.3 is 15.1 Å². The molecule has 0 amide bonds. The number of aromatic nitrogens is 1. The highest BCUT2D eigenvalue weighted by atomic mass is 32.1. The van der Waals surface area contributed by atoms with E-state index in [2.05, 4.69) is 41.1 Å². The Labute approximate surface area is 120 Å². The van der Waals surface area contributed by atoms with E-state index in [0.29, 0.717) is 12.1 Å². The summed E-state index contributed by atoms with van der Waals surface area (Å²) in [4.78, 5) is 10.6. The molecule has 0 bridgehead atoms. The predicted molar refractivity (Wildman–Crippen MR) is 81.8 cm³/mol. The Morgan fingerprint density at radius 2 is 2.32 bits per heavy atom. The minimum Gasteiger partial charge on any atom is -0.312 e. The summed E-state index contributed by atoms with van der Waals surface area (Å²) in [5.41, 5.74) is 1.93. The highest BCUT2D eigenvalue weighted by molar-refractivity contribution is 7.09. The molecule has 0 saturated carbocycles. The molecule has 4 nitrogen and oxygen atoms in total. The first-order valence-electron chi connectivity index (χ1n) is 7.20. The maximum absolute atomic E-state index is 4.20. The van der Waals surface area contributed by atoms with Gasteiger partial charge in [-0.3, -0.25) is 4.98 Å². The lowest BCUT2D eigenvalue weighted by molar-refractivity contribution is 0.178. The van der Waals surface area contributed by atoms with Crippen LogP contribution in [0.4, 0.5) is 0 Å². The van der Waals surface area contributed by atoms with Crippen molar-refractivity contribution >= 4 is 11.3 Å². The molecule has 0 aromatic carbocycles. The van der Waals surface area contributed by atoms with E-state index in [0.717, 1.165) is 19.5 Å². The Balaban J connectivity index is 2.06. The summed E-state index contributed by atoms with van der Waals surface area (Å²) < 4.78 is 0. The summed E-state index contributed by atoms with van der Waals surface area (Å²) in [5.74, 6) is 0. The van der Waals surface area contributed by atoms with Gasteiger partial charge in [-0.05, 0) is 40.2 Å². The minimum absolute atomic E-state index is 0.510. The zero-order valence-corrected chi connectivity index (χ0v) is 13.1. The van der Waals surface area contributed by atoms with Crippen LogP contribution in [0.2, 0.25) is 0 Å². The SMILES string of the molecule is CCNC(Cc1cncs1)C1CN(C)CCCN1C. The van der Waals surface area contributed by atoms with Crippen molar-refractivity contribution in [1.82, 2.24) is 20.1 Å². The van der Waals surface area contributed by atoms with Gasteiger partial charge in [-0.25, -0.2) is 0 Å². The van der Waals surface area contributed by atoms with E-state index in [4.69, 9.17) is 0 Å². The molecule has 19 heavy (non-hydrogen) atoms.